The Morgan fingerprint density at radius 2 is 0.925 bits per heavy atom. The highest BCUT2D eigenvalue weighted by Crippen LogP contribution is 2.44. The van der Waals surface area contributed by atoms with Gasteiger partial charge in [-0.05, 0) is 35.1 Å². The van der Waals surface area contributed by atoms with Crippen molar-refractivity contribution in [2.45, 2.75) is 44.9 Å². The van der Waals surface area contributed by atoms with Crippen molar-refractivity contribution in [2.24, 2.45) is 0 Å². The van der Waals surface area contributed by atoms with Gasteiger partial charge in [0.25, 0.3) is 0 Å². The summed E-state index contributed by atoms with van der Waals surface area (Å²) >= 11 is 0. The van der Waals surface area contributed by atoms with Gasteiger partial charge in [0.15, 0.2) is 0 Å². The predicted molar refractivity (Wildman–Crippen MR) is 199 cm³/mol. The van der Waals surface area contributed by atoms with Crippen molar-refractivity contribution in [3.63, 3.8) is 0 Å². The number of ether oxygens (including phenoxy) is 10. The number of unbranched alkanes of at least 4 members (excludes halogenated alkanes) is 2. The molecule has 0 atom stereocenters. The number of carbonyl (C=O) groups excluding carboxylic acids is 2. The van der Waals surface area contributed by atoms with Crippen LogP contribution in [0.15, 0.2) is 48.5 Å². The first-order valence-electron chi connectivity index (χ1n) is 19.1. The van der Waals surface area contributed by atoms with Crippen molar-refractivity contribution in [3.8, 4) is 11.1 Å². The molecule has 0 saturated heterocycles. The van der Waals surface area contributed by atoms with Gasteiger partial charge >= 0.3 is 12.1 Å². The molecule has 1 N–H and O–H groups in total. The number of esters is 1. The number of rotatable bonds is 34. The molecule has 13 nitrogen and oxygen atoms in total. The normalized spacial score (nSPS) is 12.1. The Hall–Kier alpha value is -3.14. The molecule has 2 aromatic carbocycles. The summed E-state index contributed by atoms with van der Waals surface area (Å²) in [6, 6.07) is 16.6. The van der Waals surface area contributed by atoms with E-state index in [1.807, 2.05) is 24.3 Å². The van der Waals surface area contributed by atoms with Crippen molar-refractivity contribution >= 4 is 12.1 Å². The highest BCUT2D eigenvalue weighted by Gasteiger charge is 2.28. The molecule has 0 bridgehead atoms. The average Bonchev–Trinajstić information content (AvgIpc) is 3.50. The molecule has 0 aliphatic heterocycles. The van der Waals surface area contributed by atoms with Crippen LogP contribution in [-0.4, -0.2) is 138 Å². The van der Waals surface area contributed by atoms with E-state index in [1.165, 1.54) is 22.3 Å². The van der Waals surface area contributed by atoms with Gasteiger partial charge in [0.2, 0.25) is 0 Å². The maximum absolute atomic E-state index is 12.3. The van der Waals surface area contributed by atoms with Crippen LogP contribution in [0, 0.1) is 0 Å². The van der Waals surface area contributed by atoms with Crippen molar-refractivity contribution < 1.29 is 57.0 Å². The zero-order valence-electron chi connectivity index (χ0n) is 31.6. The van der Waals surface area contributed by atoms with Gasteiger partial charge in [-0.15, -0.1) is 0 Å². The maximum Gasteiger partial charge on any atom is 0.407 e. The minimum absolute atomic E-state index is 0.0483. The minimum Gasteiger partial charge on any atom is -0.463 e. The van der Waals surface area contributed by atoms with E-state index in [9.17, 15) is 9.59 Å². The number of amides is 1. The molecule has 0 aromatic heterocycles. The van der Waals surface area contributed by atoms with Crippen molar-refractivity contribution in [3.05, 3.63) is 59.7 Å². The topological polar surface area (TPSA) is 138 Å². The number of fused-ring (bicyclic) bond motifs is 3. The maximum atomic E-state index is 12.3. The van der Waals surface area contributed by atoms with Crippen molar-refractivity contribution in [1.29, 1.82) is 0 Å². The number of benzene rings is 2. The summed E-state index contributed by atoms with van der Waals surface area (Å²) in [4.78, 5) is 23.7. The molecule has 0 radical (unpaired) electrons. The number of hydrogen-bond donors (Lipinski definition) is 1. The van der Waals surface area contributed by atoms with E-state index in [4.69, 9.17) is 47.4 Å². The first-order chi connectivity index (χ1) is 26.2. The third kappa shape index (κ3) is 20.2. The summed E-state index contributed by atoms with van der Waals surface area (Å²) in [6.45, 7) is 10.7. The standard InChI is InChI=1S/C40H61NO12/c1-2-3-4-14-39(42)52-32-31-51-30-29-50-28-27-49-26-25-48-24-23-47-22-21-46-20-19-45-18-17-44-16-9-15-41-40(43)53-33-38-36-12-7-5-10-34(36)35-11-6-8-13-37(35)38/h5-8,10-13,38H,2-4,9,14-33H2,1H3,(H,41,43). The summed E-state index contributed by atoms with van der Waals surface area (Å²) in [5, 5.41) is 2.80. The number of nitrogens with one attached hydrogen (secondary N) is 1. The Balaban J connectivity index is 0.961. The molecule has 0 heterocycles. The molecule has 1 amide bonds. The van der Waals surface area contributed by atoms with E-state index >= 15 is 0 Å². The quantitative estimate of drug-likeness (QED) is 0.0747. The average molecular weight is 748 g/mol. The lowest BCUT2D eigenvalue weighted by molar-refractivity contribution is -0.145. The smallest absolute Gasteiger partial charge is 0.407 e. The third-order valence-electron chi connectivity index (χ3n) is 8.16. The number of carbonyl (C=O) groups is 2. The summed E-state index contributed by atoms with van der Waals surface area (Å²) < 4.78 is 54.6. The number of alkyl carbamates (subject to hydrolysis) is 1. The third-order valence-corrected chi connectivity index (χ3v) is 8.16. The Bertz CT molecular complexity index is 1190. The van der Waals surface area contributed by atoms with Gasteiger partial charge in [-0.2, -0.15) is 0 Å². The minimum atomic E-state index is -0.417. The van der Waals surface area contributed by atoms with Crippen LogP contribution in [0.3, 0.4) is 0 Å². The van der Waals surface area contributed by atoms with Crippen LogP contribution in [0.1, 0.15) is 56.1 Å². The van der Waals surface area contributed by atoms with Crippen LogP contribution in [0.2, 0.25) is 0 Å². The van der Waals surface area contributed by atoms with Gasteiger partial charge in [-0.1, -0.05) is 68.3 Å². The molecule has 1 aliphatic rings. The number of hydrogen-bond acceptors (Lipinski definition) is 12. The van der Waals surface area contributed by atoms with E-state index in [-0.39, 0.29) is 18.5 Å². The first kappa shape index (κ1) is 44.3. The molecule has 0 spiro atoms. The van der Waals surface area contributed by atoms with Crippen LogP contribution in [-0.2, 0) is 52.2 Å². The highest BCUT2D eigenvalue weighted by atomic mass is 16.6. The van der Waals surface area contributed by atoms with E-state index in [0.29, 0.717) is 132 Å². The fourth-order valence-corrected chi connectivity index (χ4v) is 5.46. The molecular weight excluding hydrogens is 686 g/mol. The summed E-state index contributed by atoms with van der Waals surface area (Å²) in [5.41, 5.74) is 4.80. The van der Waals surface area contributed by atoms with E-state index in [0.717, 1.165) is 19.3 Å². The first-order valence-corrected chi connectivity index (χ1v) is 19.1. The molecule has 0 fully saturated rings. The summed E-state index contributed by atoms with van der Waals surface area (Å²) in [5.74, 6) is -0.115. The Morgan fingerprint density at radius 3 is 1.38 bits per heavy atom. The monoisotopic (exact) mass is 747 g/mol. The van der Waals surface area contributed by atoms with Crippen LogP contribution >= 0.6 is 0 Å². The fourth-order valence-electron chi connectivity index (χ4n) is 5.46. The molecule has 0 saturated carbocycles. The SMILES string of the molecule is CCCCCC(=O)OCCOCCOCCOCCOCCOCCOCCOCCOCCCNC(=O)OCC1c2ccccc2-c2ccccc21. The molecule has 13 heteroatoms. The van der Waals surface area contributed by atoms with Gasteiger partial charge in [-0.25, -0.2) is 4.79 Å². The van der Waals surface area contributed by atoms with Crippen LogP contribution in [0.5, 0.6) is 0 Å². The highest BCUT2D eigenvalue weighted by molar-refractivity contribution is 5.79. The second kappa shape index (κ2) is 30.2. The molecular formula is C40H61NO12. The van der Waals surface area contributed by atoms with Gasteiger partial charge < -0.3 is 52.7 Å². The predicted octanol–water partition coefficient (Wildman–Crippen LogP) is 5.17. The molecule has 1 aliphatic carbocycles. The van der Waals surface area contributed by atoms with Crippen molar-refractivity contribution in [1.82, 2.24) is 5.32 Å². The van der Waals surface area contributed by atoms with Crippen molar-refractivity contribution in [2.75, 3.05) is 125 Å². The molecule has 53 heavy (non-hydrogen) atoms. The Kier molecular flexibility index (Phi) is 25.2. The second-order valence-electron chi connectivity index (χ2n) is 12.2. The zero-order chi connectivity index (χ0) is 37.4. The van der Waals surface area contributed by atoms with E-state index in [1.54, 1.807) is 0 Å². The van der Waals surface area contributed by atoms with Gasteiger partial charge in [0.05, 0.1) is 99.1 Å². The van der Waals surface area contributed by atoms with Gasteiger partial charge in [-0.3, -0.25) is 4.79 Å². The largest absolute Gasteiger partial charge is 0.463 e. The lowest BCUT2D eigenvalue weighted by Crippen LogP contribution is -2.27. The van der Waals surface area contributed by atoms with Gasteiger partial charge in [0, 0.05) is 25.5 Å². The van der Waals surface area contributed by atoms with E-state index in [2.05, 4.69) is 36.5 Å². The lowest BCUT2D eigenvalue weighted by Gasteiger charge is -2.14. The molecule has 2 aromatic rings. The van der Waals surface area contributed by atoms with Crippen LogP contribution in [0.4, 0.5) is 4.79 Å². The summed E-state index contributed by atoms with van der Waals surface area (Å²) in [7, 11) is 0. The Morgan fingerprint density at radius 1 is 0.509 bits per heavy atom. The molecule has 298 valence electrons. The fraction of sp³-hybridized carbons (Fsp3) is 0.650. The molecule has 3 rings (SSSR count). The van der Waals surface area contributed by atoms with Gasteiger partial charge in [0.1, 0.15) is 13.2 Å². The molecule has 0 unspecified atom stereocenters. The summed E-state index contributed by atoms with van der Waals surface area (Å²) in [6.07, 6.45) is 3.74. The van der Waals surface area contributed by atoms with Crippen LogP contribution in [0.25, 0.3) is 11.1 Å². The Labute approximate surface area is 315 Å². The van der Waals surface area contributed by atoms with E-state index < -0.39 is 6.09 Å². The van der Waals surface area contributed by atoms with Crippen LogP contribution < -0.4 is 5.32 Å². The zero-order valence-corrected chi connectivity index (χ0v) is 31.6. The lowest BCUT2D eigenvalue weighted by atomic mass is 9.98. The second-order valence-corrected chi connectivity index (χ2v) is 12.2.